The lowest BCUT2D eigenvalue weighted by Gasteiger charge is -2.16. The lowest BCUT2D eigenvalue weighted by atomic mass is 10.0. The van der Waals surface area contributed by atoms with E-state index < -0.39 is 66.1 Å². The van der Waals surface area contributed by atoms with E-state index in [-0.39, 0.29) is 5.56 Å². The number of rotatable bonds is 8. The van der Waals surface area contributed by atoms with Gasteiger partial charge >= 0.3 is 29.5 Å². The van der Waals surface area contributed by atoms with Gasteiger partial charge in [-0.05, 0) is 4.31 Å². The highest BCUT2D eigenvalue weighted by Crippen LogP contribution is 2.69. The van der Waals surface area contributed by atoms with Crippen LogP contribution in [0.2, 0.25) is 0 Å². The van der Waals surface area contributed by atoms with Crippen molar-refractivity contribution in [2.24, 2.45) is 7.05 Å². The molecule has 0 spiro atoms. The van der Waals surface area contributed by atoms with Gasteiger partial charge in [-0.1, -0.05) is 0 Å². The van der Waals surface area contributed by atoms with Crippen LogP contribution >= 0.6 is 23.8 Å². The lowest BCUT2D eigenvalue weighted by Crippen LogP contribution is -2.35. The fourth-order valence-corrected chi connectivity index (χ4v) is 5.48. The van der Waals surface area contributed by atoms with Crippen LogP contribution in [0.1, 0.15) is 11.7 Å². The summed E-state index contributed by atoms with van der Waals surface area (Å²) in [5.41, 5.74) is -1.91. The summed E-state index contributed by atoms with van der Waals surface area (Å²) in [5.74, 6) is 0. The predicted octanol–water partition coefficient (Wildman–Crippen LogP) is -2.86. The van der Waals surface area contributed by atoms with Crippen LogP contribution in [0.25, 0.3) is 0 Å². The van der Waals surface area contributed by atoms with Gasteiger partial charge in [0.25, 0.3) is 5.56 Å². The maximum Gasteiger partial charge on any atom is 0.580 e. The van der Waals surface area contributed by atoms with Crippen molar-refractivity contribution in [3.05, 3.63) is 32.6 Å². The summed E-state index contributed by atoms with van der Waals surface area (Å²) < 4.78 is 39.7. The number of phosphoric acid groups is 2. The normalized spacial score (nSPS) is 27.2. The van der Waals surface area contributed by atoms with Gasteiger partial charge in [-0.25, -0.2) is 13.9 Å². The van der Waals surface area contributed by atoms with Crippen LogP contribution < -0.4 is 11.2 Å². The molecular weight excluding hydrogens is 481 g/mol. The molecule has 20 heteroatoms. The van der Waals surface area contributed by atoms with Crippen molar-refractivity contribution < 1.29 is 61.7 Å². The van der Waals surface area contributed by atoms with E-state index in [0.29, 0.717) is 0 Å². The Balaban J connectivity index is 2.08. The van der Waals surface area contributed by atoms with Crippen molar-refractivity contribution in [3.63, 3.8) is 0 Å². The lowest BCUT2D eigenvalue weighted by molar-refractivity contribution is -0.0261. The summed E-state index contributed by atoms with van der Waals surface area (Å²) in [4.78, 5) is 70.3. The first-order valence-corrected chi connectivity index (χ1v) is 12.2. The first kappa shape index (κ1) is 25.4. The minimum Gasteiger partial charge on any atom is -0.387 e. The van der Waals surface area contributed by atoms with Crippen LogP contribution in [0.3, 0.4) is 0 Å². The van der Waals surface area contributed by atoms with Gasteiger partial charge in [0, 0.05) is 13.2 Å². The summed E-state index contributed by atoms with van der Waals surface area (Å²) >= 11 is 0. The molecule has 30 heavy (non-hydrogen) atoms. The smallest absolute Gasteiger partial charge is 0.387 e. The van der Waals surface area contributed by atoms with Gasteiger partial charge in [0.1, 0.15) is 31.0 Å². The second-order valence-electron chi connectivity index (χ2n) is 5.94. The zero-order valence-corrected chi connectivity index (χ0v) is 17.5. The third-order valence-electron chi connectivity index (χ3n) is 3.63. The maximum atomic E-state index is 11.9. The molecule has 1 fully saturated rings. The van der Waals surface area contributed by atoms with Crippen LogP contribution in [-0.2, 0) is 34.1 Å². The summed E-state index contributed by atoms with van der Waals surface area (Å²) in [5, 5.41) is 20.1. The minimum absolute atomic E-state index is 0.244. The van der Waals surface area contributed by atoms with Gasteiger partial charge in [0.05, 0.1) is 5.56 Å². The van der Waals surface area contributed by atoms with E-state index in [1.807, 2.05) is 4.98 Å². The van der Waals surface area contributed by atoms with E-state index >= 15 is 0 Å². The monoisotopic (exact) mass is 499 g/mol. The molecule has 2 rings (SSSR count). The molecule has 0 saturated carbocycles. The molecule has 1 saturated heterocycles. The molecule has 2 heterocycles. The Bertz CT molecular complexity index is 984. The largest absolute Gasteiger partial charge is 0.580 e. The van der Waals surface area contributed by atoms with Crippen LogP contribution in [0.15, 0.2) is 15.8 Å². The van der Waals surface area contributed by atoms with Gasteiger partial charge in [-0.15, -0.1) is 0 Å². The van der Waals surface area contributed by atoms with Crippen LogP contribution in [0.5, 0.6) is 0 Å². The molecule has 0 aromatic carbocycles. The van der Waals surface area contributed by atoms with E-state index in [2.05, 4.69) is 13.1 Å². The third-order valence-corrected chi connectivity index (χ3v) is 7.47. The van der Waals surface area contributed by atoms with Crippen LogP contribution in [-0.4, -0.2) is 69.1 Å². The van der Waals surface area contributed by atoms with Crippen molar-refractivity contribution in [3.8, 4) is 0 Å². The van der Waals surface area contributed by atoms with Gasteiger partial charge in [-0.3, -0.25) is 14.7 Å². The number of hydrogen-bond donors (Lipinski definition) is 8. The highest BCUT2D eigenvalue weighted by Gasteiger charge is 2.54. The highest BCUT2D eigenvalue weighted by molar-refractivity contribution is 7.68. The molecule has 1 aliphatic heterocycles. The van der Waals surface area contributed by atoms with Crippen LogP contribution in [0.4, 0.5) is 0 Å². The molecule has 0 aliphatic carbocycles. The number of nitrogens with one attached hydrogen (secondary N) is 1. The number of nitrogens with zero attached hydrogens (tertiary/aromatic N) is 1. The number of aromatic amines is 1. The van der Waals surface area contributed by atoms with Crippen molar-refractivity contribution >= 4 is 23.8 Å². The molecule has 1 aromatic rings. The molecule has 172 valence electrons. The average Bonchev–Trinajstić information content (AvgIpc) is 2.81. The first-order chi connectivity index (χ1) is 13.5. The Morgan fingerprint density at radius 1 is 1.20 bits per heavy atom. The molecule has 5 atom stereocenters. The molecular formula is C10H18N2O15P3+. The Labute approximate surface area is 166 Å². The fourth-order valence-electron chi connectivity index (χ4n) is 2.41. The average molecular weight is 499 g/mol. The van der Waals surface area contributed by atoms with E-state index in [1.54, 1.807) is 0 Å². The maximum absolute atomic E-state index is 11.9. The van der Waals surface area contributed by atoms with E-state index in [9.17, 15) is 38.7 Å². The van der Waals surface area contributed by atoms with Gasteiger partial charge in [0.15, 0.2) is 0 Å². The van der Waals surface area contributed by atoms with Crippen molar-refractivity contribution in [2.45, 2.75) is 24.4 Å². The molecule has 0 bridgehead atoms. The van der Waals surface area contributed by atoms with E-state index in [1.165, 1.54) is 7.05 Å². The Hall–Kier alpha value is -0.870. The van der Waals surface area contributed by atoms with Gasteiger partial charge in [-0.2, -0.15) is 18.6 Å². The molecule has 1 aromatic heterocycles. The number of aryl methyl sites for hydroxylation is 1. The molecule has 17 nitrogen and oxygen atoms in total. The predicted molar refractivity (Wildman–Crippen MR) is 93.3 cm³/mol. The number of aromatic nitrogens is 2. The van der Waals surface area contributed by atoms with Gasteiger partial charge < -0.3 is 29.3 Å². The third kappa shape index (κ3) is 6.56. The summed E-state index contributed by atoms with van der Waals surface area (Å²) in [6, 6.07) is 0. The number of ether oxygens (including phenoxy) is 1. The topological polar surface area (TPSA) is 268 Å². The van der Waals surface area contributed by atoms with Crippen LogP contribution in [0, 0.1) is 0 Å². The zero-order valence-electron chi connectivity index (χ0n) is 14.8. The molecule has 8 N–H and O–H groups in total. The van der Waals surface area contributed by atoms with Gasteiger partial charge in [0.2, 0.25) is 0 Å². The van der Waals surface area contributed by atoms with Crippen molar-refractivity contribution in [2.75, 3.05) is 6.61 Å². The van der Waals surface area contributed by atoms with Crippen molar-refractivity contribution in [1.82, 2.24) is 9.55 Å². The molecule has 0 amide bonds. The second kappa shape index (κ2) is 8.94. The molecule has 0 radical (unpaired) electrons. The fraction of sp³-hybridized carbons (Fsp3) is 0.600. The summed E-state index contributed by atoms with van der Waals surface area (Å²) in [6.45, 7) is -0.977. The SMILES string of the molecule is Cn1cc(C2OC(CO[P+](O)(O)OP(=O)(O)OP(=O)(O)O)C(O)C2O)c(=O)[nH]c1=O. The minimum atomic E-state index is -5.67. The number of H-pyrrole nitrogens is 1. The van der Waals surface area contributed by atoms with E-state index in [4.69, 9.17) is 19.4 Å². The number of aliphatic hydroxyl groups is 2. The Kier molecular flexibility index (Phi) is 7.56. The molecule has 1 aliphatic rings. The van der Waals surface area contributed by atoms with Crippen molar-refractivity contribution in [1.29, 1.82) is 0 Å². The quantitative estimate of drug-likeness (QED) is 0.167. The summed E-state index contributed by atoms with van der Waals surface area (Å²) in [7, 11) is -15.1. The number of hydrogen-bond acceptors (Lipinski definition) is 12. The molecule has 5 unspecified atom stereocenters. The van der Waals surface area contributed by atoms with E-state index in [0.717, 1.165) is 10.8 Å². The zero-order chi connectivity index (χ0) is 23.1. The number of aliphatic hydroxyl groups excluding tert-OH is 2. The highest BCUT2D eigenvalue weighted by atomic mass is 31.3. The Morgan fingerprint density at radius 2 is 1.80 bits per heavy atom. The summed E-state index contributed by atoms with van der Waals surface area (Å²) in [6.07, 6.45) is -5.41. The first-order valence-electron chi connectivity index (χ1n) is 7.63. The standard InChI is InChI=1S/C10H17N2O15P3/c1-12-2-4(9(15)11-10(12)16)8-7(14)6(13)5(25-8)3-24-29(20,21)27-30(22,23)26-28(17,18)19/h2,5-8,13-14,20-21H,3H2,1H3,(H3-,11,15,16,17,18,19,22,23)/p+1. The second-order valence-corrected chi connectivity index (χ2v) is 10.4. The Morgan fingerprint density at radius 3 is 2.37 bits per heavy atom.